The van der Waals surface area contributed by atoms with E-state index in [-0.39, 0.29) is 24.0 Å². The van der Waals surface area contributed by atoms with E-state index in [4.69, 9.17) is 0 Å². The van der Waals surface area contributed by atoms with E-state index >= 15 is 0 Å². The minimum absolute atomic E-state index is 0. The Labute approximate surface area is 130 Å². The van der Waals surface area contributed by atoms with Crippen molar-refractivity contribution in [3.05, 3.63) is 22.4 Å². The van der Waals surface area contributed by atoms with Crippen LogP contribution < -0.4 is 10.6 Å². The summed E-state index contributed by atoms with van der Waals surface area (Å²) in [6, 6.07) is 2.78. The highest BCUT2D eigenvalue weighted by molar-refractivity contribution is 14.0. The molecule has 0 saturated heterocycles. The number of hydrogen-bond acceptors (Lipinski definition) is 2. The third kappa shape index (κ3) is 4.76. The Bertz CT molecular complexity index is 364. The molecule has 1 aromatic heterocycles. The average molecular weight is 379 g/mol. The van der Waals surface area contributed by atoms with Crippen molar-refractivity contribution in [2.75, 3.05) is 7.05 Å². The van der Waals surface area contributed by atoms with Crippen LogP contribution in [0.2, 0.25) is 0 Å². The molecule has 0 spiro atoms. The number of nitrogens with one attached hydrogen (secondary N) is 2. The molecule has 1 fully saturated rings. The molecule has 0 aromatic carbocycles. The van der Waals surface area contributed by atoms with E-state index < -0.39 is 0 Å². The van der Waals surface area contributed by atoms with Crippen molar-refractivity contribution in [2.24, 2.45) is 10.9 Å². The first-order valence-electron chi connectivity index (χ1n) is 6.31. The fourth-order valence-corrected chi connectivity index (χ4v) is 2.73. The Morgan fingerprint density at radius 3 is 3.00 bits per heavy atom. The third-order valence-electron chi connectivity index (χ3n) is 3.17. The van der Waals surface area contributed by atoms with Gasteiger partial charge in [-0.15, -0.1) is 24.0 Å². The molecule has 0 aliphatic heterocycles. The molecule has 0 amide bonds. The summed E-state index contributed by atoms with van der Waals surface area (Å²) in [6.45, 7) is 3.10. The Hall–Kier alpha value is -0.300. The maximum absolute atomic E-state index is 4.26. The largest absolute Gasteiger partial charge is 0.353 e. The van der Waals surface area contributed by atoms with Gasteiger partial charge in [0, 0.05) is 19.6 Å². The van der Waals surface area contributed by atoms with Crippen LogP contribution in [-0.2, 0) is 6.54 Å². The summed E-state index contributed by atoms with van der Waals surface area (Å²) in [7, 11) is 1.83. The number of guanidine groups is 1. The quantitative estimate of drug-likeness (QED) is 0.468. The molecule has 0 radical (unpaired) electrons. The van der Waals surface area contributed by atoms with Gasteiger partial charge >= 0.3 is 0 Å². The van der Waals surface area contributed by atoms with Crippen LogP contribution in [0.4, 0.5) is 0 Å². The van der Waals surface area contributed by atoms with Crippen LogP contribution in [0.5, 0.6) is 0 Å². The molecule has 1 aromatic rings. The van der Waals surface area contributed by atoms with Gasteiger partial charge in [-0.3, -0.25) is 4.99 Å². The normalized spacial score (nSPS) is 22.2. The van der Waals surface area contributed by atoms with Crippen LogP contribution in [0.25, 0.3) is 0 Å². The van der Waals surface area contributed by atoms with Crippen molar-refractivity contribution >= 4 is 41.3 Å². The summed E-state index contributed by atoms with van der Waals surface area (Å²) in [6.07, 6.45) is 3.91. The molecule has 18 heavy (non-hydrogen) atoms. The SMILES string of the molecule is CCCC1CC1NC(=NC)NCc1ccsc1.I. The van der Waals surface area contributed by atoms with E-state index in [0.29, 0.717) is 6.04 Å². The molecule has 2 N–H and O–H groups in total. The molecule has 1 aliphatic carbocycles. The molecule has 102 valence electrons. The highest BCUT2D eigenvalue weighted by Gasteiger charge is 2.36. The second kappa shape index (κ2) is 7.99. The fraction of sp³-hybridized carbons (Fsp3) is 0.615. The van der Waals surface area contributed by atoms with Gasteiger partial charge in [0.15, 0.2) is 5.96 Å². The number of rotatable bonds is 5. The Balaban J connectivity index is 0.00000162. The summed E-state index contributed by atoms with van der Waals surface area (Å²) in [5, 5.41) is 11.1. The lowest BCUT2D eigenvalue weighted by molar-refractivity contribution is 0.655. The summed E-state index contributed by atoms with van der Waals surface area (Å²) < 4.78 is 0. The maximum Gasteiger partial charge on any atom is 0.191 e. The van der Waals surface area contributed by atoms with Crippen molar-refractivity contribution in [2.45, 2.75) is 38.8 Å². The lowest BCUT2D eigenvalue weighted by Gasteiger charge is -2.11. The van der Waals surface area contributed by atoms with Crippen LogP contribution in [0, 0.1) is 5.92 Å². The molecule has 1 aliphatic rings. The number of aliphatic imine (C=N–C) groups is 1. The van der Waals surface area contributed by atoms with Crippen LogP contribution in [0.3, 0.4) is 0 Å². The standard InChI is InChI=1S/C13H21N3S.HI/c1-3-4-11-7-12(11)16-13(14-2)15-8-10-5-6-17-9-10;/h5-6,9,11-12H,3-4,7-8H2,1-2H3,(H2,14,15,16);1H. The Morgan fingerprint density at radius 1 is 1.56 bits per heavy atom. The fourth-order valence-electron chi connectivity index (χ4n) is 2.06. The average Bonchev–Trinajstić information content (AvgIpc) is 2.86. The van der Waals surface area contributed by atoms with Gasteiger partial charge in [0.1, 0.15) is 0 Å². The lowest BCUT2D eigenvalue weighted by atomic mass is 10.2. The van der Waals surface area contributed by atoms with Crippen molar-refractivity contribution < 1.29 is 0 Å². The van der Waals surface area contributed by atoms with E-state index in [1.807, 2.05) is 7.05 Å². The number of nitrogens with zero attached hydrogens (tertiary/aromatic N) is 1. The molecular formula is C13H22IN3S. The second-order valence-corrected chi connectivity index (χ2v) is 5.37. The third-order valence-corrected chi connectivity index (χ3v) is 3.90. The smallest absolute Gasteiger partial charge is 0.191 e. The molecule has 3 nitrogen and oxygen atoms in total. The molecule has 1 saturated carbocycles. The van der Waals surface area contributed by atoms with E-state index in [9.17, 15) is 0 Å². The topological polar surface area (TPSA) is 36.4 Å². The van der Waals surface area contributed by atoms with Crippen molar-refractivity contribution in [1.29, 1.82) is 0 Å². The van der Waals surface area contributed by atoms with Crippen LogP contribution in [0.15, 0.2) is 21.8 Å². The number of thiophene rings is 1. The first-order chi connectivity index (χ1) is 8.33. The molecule has 2 rings (SSSR count). The zero-order valence-corrected chi connectivity index (χ0v) is 14.1. The monoisotopic (exact) mass is 379 g/mol. The van der Waals surface area contributed by atoms with Gasteiger partial charge in [-0.1, -0.05) is 13.3 Å². The number of halogens is 1. The molecule has 0 bridgehead atoms. The van der Waals surface area contributed by atoms with Crippen LogP contribution in [-0.4, -0.2) is 19.0 Å². The first kappa shape index (κ1) is 15.8. The molecule has 1 heterocycles. The lowest BCUT2D eigenvalue weighted by Crippen LogP contribution is -2.38. The Morgan fingerprint density at radius 2 is 2.39 bits per heavy atom. The highest BCUT2D eigenvalue weighted by Crippen LogP contribution is 2.34. The predicted octanol–water partition coefficient (Wildman–Crippen LogP) is 3.22. The van der Waals surface area contributed by atoms with Crippen LogP contribution in [0.1, 0.15) is 31.7 Å². The van der Waals surface area contributed by atoms with Gasteiger partial charge in [-0.2, -0.15) is 11.3 Å². The summed E-state index contributed by atoms with van der Waals surface area (Å²) in [5.74, 6) is 1.79. The zero-order chi connectivity index (χ0) is 12.1. The minimum atomic E-state index is 0. The van der Waals surface area contributed by atoms with Gasteiger partial charge in [0.2, 0.25) is 0 Å². The maximum atomic E-state index is 4.26. The first-order valence-corrected chi connectivity index (χ1v) is 7.26. The van der Waals surface area contributed by atoms with Gasteiger partial charge in [-0.25, -0.2) is 0 Å². The summed E-state index contributed by atoms with van der Waals surface area (Å²) in [4.78, 5) is 4.26. The van der Waals surface area contributed by atoms with E-state index in [2.05, 4.69) is 39.4 Å². The van der Waals surface area contributed by atoms with Crippen molar-refractivity contribution in [1.82, 2.24) is 10.6 Å². The van der Waals surface area contributed by atoms with E-state index in [0.717, 1.165) is 18.4 Å². The molecule has 5 heteroatoms. The summed E-state index contributed by atoms with van der Waals surface area (Å²) in [5.41, 5.74) is 1.32. The molecule has 2 unspecified atom stereocenters. The van der Waals surface area contributed by atoms with Crippen molar-refractivity contribution in [3.8, 4) is 0 Å². The van der Waals surface area contributed by atoms with E-state index in [1.165, 1.54) is 24.8 Å². The molecule has 2 atom stereocenters. The van der Waals surface area contributed by atoms with Crippen LogP contribution >= 0.6 is 35.3 Å². The van der Waals surface area contributed by atoms with Gasteiger partial charge in [0.05, 0.1) is 0 Å². The summed E-state index contributed by atoms with van der Waals surface area (Å²) >= 11 is 1.73. The number of hydrogen-bond donors (Lipinski definition) is 2. The predicted molar refractivity (Wildman–Crippen MR) is 89.9 cm³/mol. The Kier molecular flexibility index (Phi) is 6.99. The van der Waals surface area contributed by atoms with Gasteiger partial charge < -0.3 is 10.6 Å². The minimum Gasteiger partial charge on any atom is -0.353 e. The van der Waals surface area contributed by atoms with E-state index in [1.54, 1.807) is 11.3 Å². The second-order valence-electron chi connectivity index (χ2n) is 4.59. The molecular weight excluding hydrogens is 357 g/mol. The van der Waals surface area contributed by atoms with Gasteiger partial charge in [-0.05, 0) is 41.1 Å². The van der Waals surface area contributed by atoms with Gasteiger partial charge in [0.25, 0.3) is 0 Å². The van der Waals surface area contributed by atoms with Crippen molar-refractivity contribution in [3.63, 3.8) is 0 Å². The zero-order valence-electron chi connectivity index (χ0n) is 11.0. The highest BCUT2D eigenvalue weighted by atomic mass is 127.